The summed E-state index contributed by atoms with van der Waals surface area (Å²) in [6, 6.07) is 8.45. The first-order chi connectivity index (χ1) is 8.36. The van der Waals surface area contributed by atoms with E-state index in [1.165, 1.54) is 12.0 Å². The van der Waals surface area contributed by atoms with Crippen LogP contribution in [0, 0.1) is 0 Å². The number of nitrogens with zero attached hydrogens (tertiary/aromatic N) is 2. The topological polar surface area (TPSA) is 23.6 Å². The highest BCUT2D eigenvalue weighted by Crippen LogP contribution is 2.28. The van der Waals surface area contributed by atoms with Gasteiger partial charge < -0.3 is 4.90 Å². The van der Waals surface area contributed by atoms with Gasteiger partial charge in [0.2, 0.25) is 0 Å². The third-order valence-electron chi connectivity index (χ3n) is 3.74. The Labute approximate surface area is 102 Å². The fourth-order valence-corrected chi connectivity index (χ4v) is 2.79. The smallest absolute Gasteiger partial charge is 0.324 e. The molecule has 0 atom stereocenters. The molecule has 0 spiro atoms. The minimum Gasteiger partial charge on any atom is -0.324 e. The number of fused-ring (bicyclic) bond motifs is 1. The molecule has 1 fully saturated rings. The van der Waals surface area contributed by atoms with Gasteiger partial charge >= 0.3 is 6.03 Å². The molecule has 3 rings (SSSR count). The van der Waals surface area contributed by atoms with E-state index in [9.17, 15) is 4.79 Å². The molecule has 1 aromatic rings. The minimum absolute atomic E-state index is 0.203. The SMILES string of the molecule is O=C(N1CCCCC1)N1CCc2ccccc21. The van der Waals surface area contributed by atoms with Gasteiger partial charge in [0.25, 0.3) is 0 Å². The molecule has 0 unspecified atom stereocenters. The number of carbonyl (C=O) groups excluding carboxylic acids is 1. The van der Waals surface area contributed by atoms with E-state index in [4.69, 9.17) is 0 Å². The zero-order valence-electron chi connectivity index (χ0n) is 10.1. The van der Waals surface area contributed by atoms with Gasteiger partial charge in [-0.1, -0.05) is 18.2 Å². The average molecular weight is 230 g/mol. The van der Waals surface area contributed by atoms with Gasteiger partial charge in [-0.05, 0) is 37.3 Å². The van der Waals surface area contributed by atoms with Crippen molar-refractivity contribution in [2.24, 2.45) is 0 Å². The zero-order valence-corrected chi connectivity index (χ0v) is 10.1. The van der Waals surface area contributed by atoms with Crippen molar-refractivity contribution in [3.8, 4) is 0 Å². The highest BCUT2D eigenvalue weighted by molar-refractivity contribution is 5.94. The second kappa shape index (κ2) is 4.40. The maximum absolute atomic E-state index is 12.4. The Balaban J connectivity index is 1.79. The summed E-state index contributed by atoms with van der Waals surface area (Å²) >= 11 is 0. The maximum atomic E-state index is 12.4. The van der Waals surface area contributed by atoms with Crippen LogP contribution in [0.1, 0.15) is 24.8 Å². The van der Waals surface area contributed by atoms with Crippen molar-refractivity contribution in [1.82, 2.24) is 4.90 Å². The molecular weight excluding hydrogens is 212 g/mol. The van der Waals surface area contributed by atoms with E-state index in [2.05, 4.69) is 12.1 Å². The second-order valence-electron chi connectivity index (χ2n) is 4.86. The van der Waals surface area contributed by atoms with Gasteiger partial charge in [-0.15, -0.1) is 0 Å². The molecular formula is C14H18N2O. The lowest BCUT2D eigenvalue weighted by Gasteiger charge is -2.31. The Morgan fingerprint density at radius 1 is 1.00 bits per heavy atom. The molecule has 0 radical (unpaired) electrons. The van der Waals surface area contributed by atoms with E-state index in [0.29, 0.717) is 0 Å². The Kier molecular flexibility index (Phi) is 2.75. The summed E-state index contributed by atoms with van der Waals surface area (Å²) in [7, 11) is 0. The van der Waals surface area contributed by atoms with Gasteiger partial charge in [0.15, 0.2) is 0 Å². The van der Waals surface area contributed by atoms with E-state index >= 15 is 0 Å². The van der Waals surface area contributed by atoms with Crippen LogP contribution in [0.4, 0.5) is 10.5 Å². The van der Waals surface area contributed by atoms with Crippen LogP contribution in [0.25, 0.3) is 0 Å². The largest absolute Gasteiger partial charge is 0.324 e. The Hall–Kier alpha value is -1.51. The molecule has 2 aliphatic heterocycles. The summed E-state index contributed by atoms with van der Waals surface area (Å²) in [4.78, 5) is 16.4. The second-order valence-corrected chi connectivity index (χ2v) is 4.86. The molecule has 0 saturated carbocycles. The molecule has 90 valence electrons. The Morgan fingerprint density at radius 2 is 1.76 bits per heavy atom. The minimum atomic E-state index is 0.203. The van der Waals surface area contributed by atoms with Crippen LogP contribution in [0.5, 0.6) is 0 Å². The first-order valence-corrected chi connectivity index (χ1v) is 6.50. The Bertz CT molecular complexity index is 424. The molecule has 2 amide bonds. The van der Waals surface area contributed by atoms with E-state index in [1.807, 2.05) is 21.9 Å². The summed E-state index contributed by atoms with van der Waals surface area (Å²) < 4.78 is 0. The van der Waals surface area contributed by atoms with Gasteiger partial charge in [-0.3, -0.25) is 4.90 Å². The number of anilines is 1. The number of benzene rings is 1. The molecule has 0 aromatic heterocycles. The number of para-hydroxylation sites is 1. The van der Waals surface area contributed by atoms with E-state index in [1.54, 1.807) is 0 Å². The third kappa shape index (κ3) is 1.90. The summed E-state index contributed by atoms with van der Waals surface area (Å²) in [5.74, 6) is 0. The van der Waals surface area contributed by atoms with Gasteiger partial charge in [0.1, 0.15) is 0 Å². The molecule has 17 heavy (non-hydrogen) atoms. The number of amides is 2. The highest BCUT2D eigenvalue weighted by Gasteiger charge is 2.28. The van der Waals surface area contributed by atoms with Crippen molar-refractivity contribution in [1.29, 1.82) is 0 Å². The molecule has 0 N–H and O–H groups in total. The number of carbonyl (C=O) groups is 1. The van der Waals surface area contributed by atoms with Crippen LogP contribution in [-0.4, -0.2) is 30.6 Å². The predicted molar refractivity (Wildman–Crippen MR) is 68.3 cm³/mol. The summed E-state index contributed by atoms with van der Waals surface area (Å²) in [6.45, 7) is 2.70. The normalized spacial score (nSPS) is 19.3. The third-order valence-corrected chi connectivity index (χ3v) is 3.74. The first kappa shape index (κ1) is 10.6. The monoisotopic (exact) mass is 230 g/mol. The zero-order chi connectivity index (χ0) is 11.7. The standard InChI is InChI=1S/C14H18N2O/c17-14(15-9-4-1-5-10-15)16-11-8-12-6-2-3-7-13(12)16/h2-3,6-7H,1,4-5,8-11H2. The highest BCUT2D eigenvalue weighted by atomic mass is 16.2. The van der Waals surface area contributed by atoms with Crippen molar-refractivity contribution < 1.29 is 4.79 Å². The lowest BCUT2D eigenvalue weighted by molar-refractivity contribution is 0.193. The number of likely N-dealkylation sites (tertiary alicyclic amines) is 1. The van der Waals surface area contributed by atoms with Crippen LogP contribution < -0.4 is 4.90 Å². The lowest BCUT2D eigenvalue weighted by Crippen LogP contribution is -2.44. The van der Waals surface area contributed by atoms with E-state index in [0.717, 1.165) is 44.6 Å². The number of hydrogen-bond donors (Lipinski definition) is 0. The molecule has 0 bridgehead atoms. The number of piperidine rings is 1. The molecule has 3 heteroatoms. The quantitative estimate of drug-likeness (QED) is 0.672. The maximum Gasteiger partial charge on any atom is 0.324 e. The van der Waals surface area contributed by atoms with Gasteiger partial charge in [0.05, 0.1) is 0 Å². The number of rotatable bonds is 0. The van der Waals surface area contributed by atoms with Crippen molar-refractivity contribution in [3.05, 3.63) is 29.8 Å². The molecule has 1 aromatic carbocycles. The fourth-order valence-electron chi connectivity index (χ4n) is 2.79. The molecule has 2 aliphatic rings. The van der Waals surface area contributed by atoms with Crippen LogP contribution in [0.3, 0.4) is 0 Å². The van der Waals surface area contributed by atoms with Crippen LogP contribution >= 0.6 is 0 Å². The van der Waals surface area contributed by atoms with Crippen LogP contribution in [0.15, 0.2) is 24.3 Å². The van der Waals surface area contributed by atoms with Crippen molar-refractivity contribution in [3.63, 3.8) is 0 Å². The Morgan fingerprint density at radius 3 is 2.59 bits per heavy atom. The molecule has 2 heterocycles. The average Bonchev–Trinajstić information content (AvgIpc) is 2.83. The molecule has 1 saturated heterocycles. The summed E-state index contributed by atoms with van der Waals surface area (Å²) in [6.07, 6.45) is 4.57. The van der Waals surface area contributed by atoms with Crippen molar-refractivity contribution in [2.45, 2.75) is 25.7 Å². The van der Waals surface area contributed by atoms with Crippen LogP contribution in [0.2, 0.25) is 0 Å². The van der Waals surface area contributed by atoms with Gasteiger partial charge in [-0.25, -0.2) is 4.79 Å². The van der Waals surface area contributed by atoms with E-state index < -0.39 is 0 Å². The predicted octanol–water partition coefficient (Wildman–Crippen LogP) is 2.66. The van der Waals surface area contributed by atoms with Gasteiger partial charge in [0, 0.05) is 25.3 Å². The fraction of sp³-hybridized carbons (Fsp3) is 0.500. The van der Waals surface area contributed by atoms with E-state index in [-0.39, 0.29) is 6.03 Å². The number of urea groups is 1. The summed E-state index contributed by atoms with van der Waals surface area (Å²) in [5.41, 5.74) is 2.42. The molecule has 0 aliphatic carbocycles. The first-order valence-electron chi connectivity index (χ1n) is 6.50. The van der Waals surface area contributed by atoms with Gasteiger partial charge in [-0.2, -0.15) is 0 Å². The lowest BCUT2D eigenvalue weighted by atomic mass is 10.1. The number of hydrogen-bond acceptors (Lipinski definition) is 1. The van der Waals surface area contributed by atoms with Crippen molar-refractivity contribution >= 4 is 11.7 Å². The summed E-state index contributed by atoms with van der Waals surface area (Å²) in [5, 5.41) is 0. The molecule has 3 nitrogen and oxygen atoms in total. The van der Waals surface area contributed by atoms with Crippen molar-refractivity contribution in [2.75, 3.05) is 24.5 Å². The van der Waals surface area contributed by atoms with Crippen LogP contribution in [-0.2, 0) is 6.42 Å².